The Morgan fingerprint density at radius 1 is 1.19 bits per heavy atom. The fourth-order valence-corrected chi connectivity index (χ4v) is 3.85. The standard InChI is InChI=1S/C18H20N6OS/c25-17(9-16-3-1-8-26-16)23-11-14(10-21-18-19-5-2-6-20-18)12-24-15(13-23)4-7-22-24/h1-8,14H,9-13H2,(H,19,20,21). The highest BCUT2D eigenvalue weighted by Gasteiger charge is 2.25. The fraction of sp³-hybridized carbons (Fsp3) is 0.333. The van der Waals surface area contributed by atoms with Crippen LogP contribution < -0.4 is 5.32 Å². The van der Waals surface area contributed by atoms with E-state index in [2.05, 4.69) is 20.4 Å². The number of anilines is 1. The molecule has 0 spiro atoms. The largest absolute Gasteiger partial charge is 0.354 e. The van der Waals surface area contributed by atoms with E-state index in [0.29, 0.717) is 32.0 Å². The van der Waals surface area contributed by atoms with E-state index in [1.165, 1.54) is 0 Å². The highest BCUT2D eigenvalue weighted by molar-refractivity contribution is 7.10. The van der Waals surface area contributed by atoms with E-state index in [0.717, 1.165) is 17.1 Å². The van der Waals surface area contributed by atoms with Crippen LogP contribution in [0.25, 0.3) is 0 Å². The molecule has 1 unspecified atom stereocenters. The smallest absolute Gasteiger partial charge is 0.228 e. The van der Waals surface area contributed by atoms with E-state index in [9.17, 15) is 4.79 Å². The van der Waals surface area contributed by atoms with Crippen LogP contribution in [0.4, 0.5) is 5.95 Å². The second-order valence-electron chi connectivity index (χ2n) is 6.35. The summed E-state index contributed by atoms with van der Waals surface area (Å²) in [4.78, 5) is 24.3. The molecule has 0 fully saturated rings. The molecule has 1 N–H and O–H groups in total. The van der Waals surface area contributed by atoms with Crippen molar-refractivity contribution in [2.45, 2.75) is 19.5 Å². The van der Waals surface area contributed by atoms with Crippen LogP contribution in [-0.2, 0) is 24.3 Å². The Labute approximate surface area is 155 Å². The Morgan fingerprint density at radius 2 is 2.08 bits per heavy atom. The minimum absolute atomic E-state index is 0.156. The topological polar surface area (TPSA) is 75.9 Å². The summed E-state index contributed by atoms with van der Waals surface area (Å²) >= 11 is 1.62. The minimum Gasteiger partial charge on any atom is -0.354 e. The van der Waals surface area contributed by atoms with Crippen LogP contribution in [0, 0.1) is 5.92 Å². The van der Waals surface area contributed by atoms with Crippen LogP contribution in [0.5, 0.6) is 0 Å². The molecular formula is C18H20N6OS. The van der Waals surface area contributed by atoms with Crippen LogP contribution in [0.15, 0.2) is 48.2 Å². The average molecular weight is 368 g/mol. The lowest BCUT2D eigenvalue weighted by molar-refractivity contribution is -0.131. The van der Waals surface area contributed by atoms with Gasteiger partial charge >= 0.3 is 0 Å². The van der Waals surface area contributed by atoms with Gasteiger partial charge in [0.05, 0.1) is 18.7 Å². The van der Waals surface area contributed by atoms with Gasteiger partial charge in [-0.05, 0) is 23.6 Å². The number of nitrogens with one attached hydrogen (secondary N) is 1. The number of thiophene rings is 1. The first-order valence-electron chi connectivity index (χ1n) is 8.59. The number of fused-ring (bicyclic) bond motifs is 1. The first kappa shape index (κ1) is 16.7. The lowest BCUT2D eigenvalue weighted by atomic mass is 10.1. The normalized spacial score (nSPS) is 16.8. The molecule has 0 aromatic carbocycles. The Balaban J connectivity index is 1.47. The van der Waals surface area contributed by atoms with Crippen LogP contribution in [0.1, 0.15) is 10.6 Å². The van der Waals surface area contributed by atoms with E-state index in [-0.39, 0.29) is 11.8 Å². The summed E-state index contributed by atoms with van der Waals surface area (Å²) in [6, 6.07) is 7.77. The maximum absolute atomic E-state index is 12.8. The number of rotatable bonds is 5. The Kier molecular flexibility index (Phi) is 4.92. The molecule has 26 heavy (non-hydrogen) atoms. The molecule has 0 radical (unpaired) electrons. The molecule has 1 aliphatic rings. The Bertz CT molecular complexity index is 848. The number of amides is 1. The molecule has 3 aromatic heterocycles. The lowest BCUT2D eigenvalue weighted by Gasteiger charge is -2.24. The van der Waals surface area contributed by atoms with Gasteiger partial charge in [0.2, 0.25) is 11.9 Å². The number of aromatic nitrogens is 4. The average Bonchev–Trinajstić information content (AvgIpc) is 3.29. The summed E-state index contributed by atoms with van der Waals surface area (Å²) in [5, 5.41) is 9.69. The van der Waals surface area contributed by atoms with E-state index in [1.807, 2.05) is 33.2 Å². The van der Waals surface area contributed by atoms with Gasteiger partial charge in [-0.1, -0.05) is 6.07 Å². The van der Waals surface area contributed by atoms with Crippen molar-refractivity contribution in [2.75, 3.05) is 18.4 Å². The van der Waals surface area contributed by atoms with Crippen LogP contribution in [-0.4, -0.2) is 43.6 Å². The second-order valence-corrected chi connectivity index (χ2v) is 7.39. The zero-order valence-corrected chi connectivity index (χ0v) is 15.1. The van der Waals surface area contributed by atoms with Gasteiger partial charge in [0, 0.05) is 49.0 Å². The van der Waals surface area contributed by atoms with Crippen LogP contribution >= 0.6 is 11.3 Å². The summed E-state index contributed by atoms with van der Waals surface area (Å²) in [6.07, 6.45) is 5.68. The minimum atomic E-state index is 0.156. The third-order valence-corrected chi connectivity index (χ3v) is 5.32. The number of hydrogen-bond acceptors (Lipinski definition) is 6. The van der Waals surface area contributed by atoms with Crippen molar-refractivity contribution in [2.24, 2.45) is 5.92 Å². The van der Waals surface area contributed by atoms with E-state index in [4.69, 9.17) is 0 Å². The van der Waals surface area contributed by atoms with Crippen LogP contribution in [0.3, 0.4) is 0 Å². The molecule has 0 aliphatic carbocycles. The molecule has 8 heteroatoms. The van der Waals surface area contributed by atoms with Crippen LogP contribution in [0.2, 0.25) is 0 Å². The maximum Gasteiger partial charge on any atom is 0.228 e. The predicted octanol–water partition coefficient (Wildman–Crippen LogP) is 2.05. The first-order chi connectivity index (χ1) is 12.8. The van der Waals surface area contributed by atoms with Crippen molar-refractivity contribution >= 4 is 23.2 Å². The van der Waals surface area contributed by atoms with E-state index >= 15 is 0 Å². The number of nitrogens with zero attached hydrogens (tertiary/aromatic N) is 5. The van der Waals surface area contributed by atoms with Gasteiger partial charge in [0.25, 0.3) is 0 Å². The summed E-state index contributed by atoms with van der Waals surface area (Å²) in [7, 11) is 0. The highest BCUT2D eigenvalue weighted by atomic mass is 32.1. The van der Waals surface area contributed by atoms with Crippen molar-refractivity contribution < 1.29 is 4.79 Å². The third kappa shape index (κ3) is 3.91. The van der Waals surface area contributed by atoms with E-state index in [1.54, 1.807) is 36.0 Å². The van der Waals surface area contributed by atoms with Gasteiger partial charge in [-0.15, -0.1) is 11.3 Å². The summed E-state index contributed by atoms with van der Waals surface area (Å²) in [6.45, 7) is 2.74. The number of carbonyl (C=O) groups is 1. The molecule has 7 nitrogen and oxygen atoms in total. The van der Waals surface area contributed by atoms with Gasteiger partial charge in [-0.3, -0.25) is 9.48 Å². The quantitative estimate of drug-likeness (QED) is 0.746. The molecule has 1 amide bonds. The van der Waals surface area contributed by atoms with Gasteiger partial charge in [-0.2, -0.15) is 5.10 Å². The molecule has 3 aromatic rings. The maximum atomic E-state index is 12.8. The SMILES string of the molecule is O=C(Cc1cccs1)N1Cc2ccnn2CC(CNc2ncccn2)C1. The number of carbonyl (C=O) groups excluding carboxylic acids is 1. The molecule has 4 rings (SSSR count). The Hall–Kier alpha value is -2.74. The number of hydrogen-bond donors (Lipinski definition) is 1. The molecule has 1 atom stereocenters. The van der Waals surface area contributed by atoms with Gasteiger partial charge in [-0.25, -0.2) is 9.97 Å². The van der Waals surface area contributed by atoms with Crippen molar-refractivity contribution in [3.05, 3.63) is 58.8 Å². The monoisotopic (exact) mass is 368 g/mol. The zero-order valence-electron chi connectivity index (χ0n) is 14.3. The van der Waals surface area contributed by atoms with Gasteiger partial charge in [0.15, 0.2) is 0 Å². The molecule has 0 saturated heterocycles. The second kappa shape index (κ2) is 7.65. The van der Waals surface area contributed by atoms with Crippen molar-refractivity contribution in [1.82, 2.24) is 24.6 Å². The molecule has 1 aliphatic heterocycles. The van der Waals surface area contributed by atoms with Gasteiger partial charge < -0.3 is 10.2 Å². The predicted molar refractivity (Wildman–Crippen MR) is 99.7 cm³/mol. The lowest BCUT2D eigenvalue weighted by Crippen LogP contribution is -2.37. The molecule has 134 valence electrons. The summed E-state index contributed by atoms with van der Waals surface area (Å²) < 4.78 is 2.00. The molecule has 0 saturated carbocycles. The fourth-order valence-electron chi connectivity index (χ4n) is 3.15. The van der Waals surface area contributed by atoms with Crippen molar-refractivity contribution in [1.29, 1.82) is 0 Å². The zero-order chi connectivity index (χ0) is 17.8. The molecule has 0 bridgehead atoms. The molecular weight excluding hydrogens is 348 g/mol. The van der Waals surface area contributed by atoms with Crippen molar-refractivity contribution in [3.8, 4) is 0 Å². The molecule has 4 heterocycles. The summed E-state index contributed by atoms with van der Waals surface area (Å²) in [5.74, 6) is 0.990. The Morgan fingerprint density at radius 3 is 2.88 bits per heavy atom. The highest BCUT2D eigenvalue weighted by Crippen LogP contribution is 2.18. The van der Waals surface area contributed by atoms with Crippen molar-refractivity contribution in [3.63, 3.8) is 0 Å². The van der Waals surface area contributed by atoms with Gasteiger partial charge in [0.1, 0.15) is 0 Å². The van der Waals surface area contributed by atoms with E-state index < -0.39 is 0 Å². The summed E-state index contributed by atoms with van der Waals surface area (Å²) in [5.41, 5.74) is 1.07. The third-order valence-electron chi connectivity index (χ3n) is 4.44. The first-order valence-corrected chi connectivity index (χ1v) is 9.47.